The number of carbonyl (C=O) groups excluding carboxylic acids is 1. The summed E-state index contributed by atoms with van der Waals surface area (Å²) in [7, 11) is 0. The van der Waals surface area contributed by atoms with Crippen LogP contribution >= 0.6 is 0 Å². The molecule has 1 amide bonds. The summed E-state index contributed by atoms with van der Waals surface area (Å²) in [4.78, 5) is 16.1. The molecule has 20 heavy (non-hydrogen) atoms. The first-order valence-corrected chi connectivity index (χ1v) is 7.10. The van der Waals surface area contributed by atoms with Gasteiger partial charge in [-0.1, -0.05) is 30.3 Å². The van der Waals surface area contributed by atoms with Crippen molar-refractivity contribution in [2.24, 2.45) is 0 Å². The first kappa shape index (κ1) is 13.4. The number of nitrogens with zero attached hydrogens (tertiary/aromatic N) is 2. The van der Waals surface area contributed by atoms with Crippen molar-refractivity contribution in [2.75, 3.05) is 26.2 Å². The van der Waals surface area contributed by atoms with Crippen LogP contribution in [0.15, 0.2) is 30.3 Å². The Hall–Kier alpha value is -1.59. The molecule has 0 aliphatic carbocycles. The molecular weight excluding hydrogens is 256 g/mol. The van der Waals surface area contributed by atoms with Crippen molar-refractivity contribution in [3.63, 3.8) is 0 Å². The number of hydrogen-bond acceptors (Lipinski definition) is 4. The third kappa shape index (κ3) is 2.94. The van der Waals surface area contributed by atoms with Gasteiger partial charge >= 0.3 is 6.09 Å². The topological polar surface area (TPSA) is 53.0 Å². The fraction of sp³-hybridized carbons (Fsp3) is 0.533. The van der Waals surface area contributed by atoms with Gasteiger partial charge in [0.05, 0.1) is 6.10 Å². The van der Waals surface area contributed by atoms with Gasteiger partial charge in [-0.2, -0.15) is 0 Å². The van der Waals surface area contributed by atoms with Crippen LogP contribution in [0.1, 0.15) is 12.0 Å². The summed E-state index contributed by atoms with van der Waals surface area (Å²) in [5.74, 6) is 0. The van der Waals surface area contributed by atoms with Crippen LogP contribution in [-0.4, -0.2) is 59.3 Å². The van der Waals surface area contributed by atoms with Crippen LogP contribution in [0.25, 0.3) is 0 Å². The second-order valence-electron chi connectivity index (χ2n) is 5.52. The van der Waals surface area contributed by atoms with Crippen molar-refractivity contribution in [2.45, 2.75) is 25.2 Å². The second kappa shape index (κ2) is 5.81. The largest absolute Gasteiger partial charge is 0.445 e. The molecule has 2 aliphatic rings. The molecule has 2 aliphatic heterocycles. The fourth-order valence-corrected chi connectivity index (χ4v) is 2.99. The predicted octanol–water partition coefficient (Wildman–Crippen LogP) is 1.07. The Morgan fingerprint density at radius 1 is 1.25 bits per heavy atom. The van der Waals surface area contributed by atoms with Gasteiger partial charge in [-0.15, -0.1) is 0 Å². The van der Waals surface area contributed by atoms with E-state index in [0.717, 1.165) is 25.1 Å². The smallest absolute Gasteiger partial charge is 0.410 e. The Morgan fingerprint density at radius 3 is 2.85 bits per heavy atom. The quantitative estimate of drug-likeness (QED) is 0.878. The Labute approximate surface area is 118 Å². The maximum Gasteiger partial charge on any atom is 0.410 e. The molecule has 0 unspecified atom stereocenters. The molecule has 2 atom stereocenters. The second-order valence-corrected chi connectivity index (χ2v) is 5.52. The van der Waals surface area contributed by atoms with Gasteiger partial charge in [0, 0.05) is 32.2 Å². The zero-order valence-electron chi connectivity index (χ0n) is 11.4. The van der Waals surface area contributed by atoms with Crippen molar-refractivity contribution < 1.29 is 14.6 Å². The highest BCUT2D eigenvalue weighted by Crippen LogP contribution is 2.22. The van der Waals surface area contributed by atoms with Crippen molar-refractivity contribution >= 4 is 6.09 Å². The lowest BCUT2D eigenvalue weighted by Gasteiger charge is -2.36. The normalized spacial score (nSPS) is 26.4. The Bertz CT molecular complexity index is 465. The number of amides is 1. The van der Waals surface area contributed by atoms with E-state index in [0.29, 0.717) is 19.7 Å². The SMILES string of the molecule is O=C(OCc1ccccc1)N1CCN2C[C@@H](O)C[C@H]2C1. The van der Waals surface area contributed by atoms with Gasteiger partial charge in [-0.25, -0.2) is 4.79 Å². The van der Waals surface area contributed by atoms with E-state index in [9.17, 15) is 9.90 Å². The molecule has 5 nitrogen and oxygen atoms in total. The summed E-state index contributed by atoms with van der Waals surface area (Å²) in [6, 6.07) is 9.97. The van der Waals surface area contributed by atoms with E-state index < -0.39 is 0 Å². The molecular formula is C15H20N2O3. The first-order valence-electron chi connectivity index (χ1n) is 7.10. The van der Waals surface area contributed by atoms with Gasteiger partial charge in [0.25, 0.3) is 0 Å². The number of hydrogen-bond donors (Lipinski definition) is 1. The highest BCUT2D eigenvalue weighted by Gasteiger charge is 2.36. The summed E-state index contributed by atoms with van der Waals surface area (Å²) >= 11 is 0. The van der Waals surface area contributed by atoms with Crippen molar-refractivity contribution in [1.29, 1.82) is 0 Å². The third-order valence-corrected chi connectivity index (χ3v) is 4.06. The molecule has 1 aromatic rings. The minimum Gasteiger partial charge on any atom is -0.445 e. The molecule has 2 fully saturated rings. The lowest BCUT2D eigenvalue weighted by molar-refractivity contribution is 0.0600. The lowest BCUT2D eigenvalue weighted by Crippen LogP contribution is -2.52. The zero-order chi connectivity index (χ0) is 13.9. The van der Waals surface area contributed by atoms with Crippen LogP contribution < -0.4 is 0 Å². The molecule has 0 radical (unpaired) electrons. The molecule has 1 aromatic carbocycles. The summed E-state index contributed by atoms with van der Waals surface area (Å²) in [5, 5.41) is 9.66. The lowest BCUT2D eigenvalue weighted by atomic mass is 10.1. The van der Waals surface area contributed by atoms with E-state index in [2.05, 4.69) is 4.90 Å². The maximum atomic E-state index is 12.1. The number of benzene rings is 1. The molecule has 0 bridgehead atoms. The number of carbonyl (C=O) groups is 1. The molecule has 5 heteroatoms. The van der Waals surface area contributed by atoms with Gasteiger partial charge in [0.2, 0.25) is 0 Å². The van der Waals surface area contributed by atoms with E-state index in [1.165, 1.54) is 0 Å². The summed E-state index contributed by atoms with van der Waals surface area (Å²) in [6.45, 7) is 3.20. The molecule has 0 spiro atoms. The molecule has 2 heterocycles. The van der Waals surface area contributed by atoms with Crippen LogP contribution in [0, 0.1) is 0 Å². The average Bonchev–Trinajstić information content (AvgIpc) is 2.85. The van der Waals surface area contributed by atoms with Gasteiger partial charge < -0.3 is 14.7 Å². The van der Waals surface area contributed by atoms with Crippen LogP contribution in [0.4, 0.5) is 4.79 Å². The molecule has 108 valence electrons. The molecule has 1 N–H and O–H groups in total. The zero-order valence-corrected chi connectivity index (χ0v) is 11.4. The van der Waals surface area contributed by atoms with E-state index in [4.69, 9.17) is 4.74 Å². The van der Waals surface area contributed by atoms with Crippen molar-refractivity contribution in [3.05, 3.63) is 35.9 Å². The fourth-order valence-electron chi connectivity index (χ4n) is 2.99. The molecule has 0 aromatic heterocycles. The Morgan fingerprint density at radius 2 is 2.05 bits per heavy atom. The van der Waals surface area contributed by atoms with Crippen molar-refractivity contribution in [1.82, 2.24) is 9.80 Å². The monoisotopic (exact) mass is 276 g/mol. The highest BCUT2D eigenvalue weighted by atomic mass is 16.6. The first-order chi connectivity index (χ1) is 9.72. The van der Waals surface area contributed by atoms with Crippen LogP contribution in [0.5, 0.6) is 0 Å². The van der Waals surface area contributed by atoms with Gasteiger partial charge in [-0.3, -0.25) is 4.90 Å². The Kier molecular flexibility index (Phi) is 3.89. The molecule has 2 saturated heterocycles. The van der Waals surface area contributed by atoms with Crippen LogP contribution in [-0.2, 0) is 11.3 Å². The summed E-state index contributed by atoms with van der Waals surface area (Å²) in [6.07, 6.45) is 0.248. The summed E-state index contributed by atoms with van der Waals surface area (Å²) < 4.78 is 5.35. The number of rotatable bonds is 2. The van der Waals surface area contributed by atoms with Crippen molar-refractivity contribution in [3.8, 4) is 0 Å². The summed E-state index contributed by atoms with van der Waals surface area (Å²) in [5.41, 5.74) is 0.996. The van der Waals surface area contributed by atoms with Gasteiger partial charge in [-0.05, 0) is 12.0 Å². The number of piperazine rings is 1. The minimum absolute atomic E-state index is 0.250. The maximum absolute atomic E-state index is 12.1. The molecule has 0 saturated carbocycles. The van der Waals surface area contributed by atoms with Crippen LogP contribution in [0.2, 0.25) is 0 Å². The van der Waals surface area contributed by atoms with Gasteiger partial charge in [0.15, 0.2) is 0 Å². The third-order valence-electron chi connectivity index (χ3n) is 4.06. The van der Waals surface area contributed by atoms with E-state index in [1.807, 2.05) is 30.3 Å². The standard InChI is InChI=1S/C15H20N2O3/c18-14-8-13-9-17(7-6-16(13)10-14)15(19)20-11-12-4-2-1-3-5-12/h1-5,13-14,18H,6-11H2/t13-,14-/m0/s1. The van der Waals surface area contributed by atoms with E-state index >= 15 is 0 Å². The average molecular weight is 276 g/mol. The number of aliphatic hydroxyl groups excluding tert-OH is 1. The minimum atomic E-state index is -0.255. The van der Waals surface area contributed by atoms with Crippen LogP contribution in [0.3, 0.4) is 0 Å². The highest BCUT2D eigenvalue weighted by molar-refractivity contribution is 5.67. The Balaban J connectivity index is 1.51. The number of ether oxygens (including phenoxy) is 1. The predicted molar refractivity (Wildman–Crippen MR) is 74.2 cm³/mol. The van der Waals surface area contributed by atoms with E-state index in [1.54, 1.807) is 4.90 Å². The molecule has 3 rings (SSSR count). The number of aliphatic hydroxyl groups is 1. The van der Waals surface area contributed by atoms with Gasteiger partial charge in [0.1, 0.15) is 6.61 Å². The number of fused-ring (bicyclic) bond motifs is 1. The van der Waals surface area contributed by atoms with E-state index in [-0.39, 0.29) is 18.2 Å².